The number of nitrogen functional groups attached to an aromatic ring is 1. The number of thiol groups is 1. The molecule has 0 aliphatic carbocycles. The van der Waals surface area contributed by atoms with Gasteiger partial charge in [0, 0.05) is 10.6 Å². The summed E-state index contributed by atoms with van der Waals surface area (Å²) in [4.78, 5) is 1.09. The van der Waals surface area contributed by atoms with Crippen molar-refractivity contribution in [1.29, 1.82) is 0 Å². The number of anilines is 1. The van der Waals surface area contributed by atoms with Crippen LogP contribution in [0.4, 0.5) is 5.69 Å². The second-order valence-corrected chi connectivity index (χ2v) is 4.07. The van der Waals surface area contributed by atoms with Crippen LogP contribution in [0.15, 0.2) is 17.0 Å². The van der Waals surface area contributed by atoms with Gasteiger partial charge >= 0.3 is 0 Å². The zero-order valence-corrected chi connectivity index (χ0v) is 9.90. The van der Waals surface area contributed by atoms with E-state index in [1.807, 2.05) is 12.1 Å². The maximum Gasteiger partial charge on any atom is 0.0350 e. The van der Waals surface area contributed by atoms with E-state index in [4.69, 9.17) is 5.73 Å². The molecule has 1 nitrogen and oxygen atoms in total. The number of benzene rings is 1. The zero-order chi connectivity index (χ0) is 10.6. The molecule has 0 saturated carbocycles. The van der Waals surface area contributed by atoms with E-state index in [2.05, 4.69) is 26.5 Å². The molecule has 0 heterocycles. The van der Waals surface area contributed by atoms with Gasteiger partial charge in [-0.1, -0.05) is 20.3 Å². The fraction of sp³-hybridized carbons (Fsp3) is 0.500. The van der Waals surface area contributed by atoms with Gasteiger partial charge in [0.1, 0.15) is 0 Å². The molecule has 0 aromatic heterocycles. The minimum atomic E-state index is 0.913. The van der Waals surface area contributed by atoms with Crippen molar-refractivity contribution in [3.05, 3.63) is 23.3 Å². The highest BCUT2D eigenvalue weighted by Crippen LogP contribution is 2.26. The summed E-state index contributed by atoms with van der Waals surface area (Å²) in [6.45, 7) is 4.35. The number of unbranched alkanes of at least 4 members (excludes halogenated alkanes) is 1. The fourth-order valence-corrected chi connectivity index (χ4v) is 2.07. The SMILES string of the molecule is CCCCc1c(S)ccc(N)c1CC. The molecule has 78 valence electrons. The maximum absolute atomic E-state index is 5.94. The fourth-order valence-electron chi connectivity index (χ4n) is 1.75. The minimum Gasteiger partial charge on any atom is -0.398 e. The van der Waals surface area contributed by atoms with Crippen LogP contribution in [0.5, 0.6) is 0 Å². The summed E-state index contributed by atoms with van der Waals surface area (Å²) in [5.74, 6) is 0. The lowest BCUT2D eigenvalue weighted by Gasteiger charge is -2.12. The summed E-state index contributed by atoms with van der Waals surface area (Å²) in [5, 5.41) is 0. The van der Waals surface area contributed by atoms with Crippen LogP contribution in [0, 0.1) is 0 Å². The van der Waals surface area contributed by atoms with Crippen LogP contribution in [0.2, 0.25) is 0 Å². The van der Waals surface area contributed by atoms with Crippen molar-refractivity contribution in [2.45, 2.75) is 44.4 Å². The topological polar surface area (TPSA) is 26.0 Å². The second kappa shape index (κ2) is 5.30. The summed E-state index contributed by atoms with van der Waals surface area (Å²) >= 11 is 4.49. The third kappa shape index (κ3) is 2.44. The highest BCUT2D eigenvalue weighted by molar-refractivity contribution is 7.80. The first kappa shape index (κ1) is 11.4. The monoisotopic (exact) mass is 209 g/mol. The Hall–Kier alpha value is -0.630. The van der Waals surface area contributed by atoms with Crippen molar-refractivity contribution < 1.29 is 0 Å². The van der Waals surface area contributed by atoms with Crippen LogP contribution in [-0.2, 0) is 12.8 Å². The standard InChI is InChI=1S/C12H19NS/c1-3-5-6-10-9(4-2)11(13)7-8-12(10)14/h7-8,14H,3-6,13H2,1-2H3. The molecule has 0 spiro atoms. The Morgan fingerprint density at radius 3 is 2.50 bits per heavy atom. The molecule has 2 N–H and O–H groups in total. The zero-order valence-electron chi connectivity index (χ0n) is 9.01. The lowest BCUT2D eigenvalue weighted by Crippen LogP contribution is -2.00. The first-order valence-electron chi connectivity index (χ1n) is 5.29. The number of hydrogen-bond acceptors (Lipinski definition) is 2. The molecule has 2 heteroatoms. The normalized spacial score (nSPS) is 10.5. The van der Waals surface area contributed by atoms with Crippen LogP contribution in [-0.4, -0.2) is 0 Å². The van der Waals surface area contributed by atoms with Gasteiger partial charge in [-0.05, 0) is 42.5 Å². The highest BCUT2D eigenvalue weighted by Gasteiger charge is 2.07. The molecule has 0 radical (unpaired) electrons. The Balaban J connectivity index is 3.03. The van der Waals surface area contributed by atoms with Crippen molar-refractivity contribution in [3.8, 4) is 0 Å². The average molecular weight is 209 g/mol. The summed E-state index contributed by atoms with van der Waals surface area (Å²) in [6, 6.07) is 3.96. The number of nitrogens with two attached hydrogens (primary N) is 1. The van der Waals surface area contributed by atoms with E-state index < -0.39 is 0 Å². The molecule has 1 aromatic carbocycles. The Labute approximate surface area is 92.1 Å². The Morgan fingerprint density at radius 1 is 1.21 bits per heavy atom. The lowest BCUT2D eigenvalue weighted by molar-refractivity contribution is 0.777. The first-order valence-corrected chi connectivity index (χ1v) is 5.74. The summed E-state index contributed by atoms with van der Waals surface area (Å²) in [5.41, 5.74) is 9.48. The molecule has 0 saturated heterocycles. The molecule has 0 atom stereocenters. The van der Waals surface area contributed by atoms with E-state index in [0.717, 1.165) is 23.4 Å². The van der Waals surface area contributed by atoms with E-state index in [-0.39, 0.29) is 0 Å². The van der Waals surface area contributed by atoms with Gasteiger partial charge in [-0.3, -0.25) is 0 Å². The van der Waals surface area contributed by atoms with Gasteiger partial charge in [0.2, 0.25) is 0 Å². The van der Waals surface area contributed by atoms with E-state index >= 15 is 0 Å². The van der Waals surface area contributed by atoms with Crippen molar-refractivity contribution in [1.82, 2.24) is 0 Å². The quantitative estimate of drug-likeness (QED) is 0.576. The Kier molecular flexibility index (Phi) is 4.33. The van der Waals surface area contributed by atoms with E-state index in [9.17, 15) is 0 Å². The van der Waals surface area contributed by atoms with Gasteiger partial charge < -0.3 is 5.73 Å². The van der Waals surface area contributed by atoms with Crippen molar-refractivity contribution in [3.63, 3.8) is 0 Å². The molecule has 1 rings (SSSR count). The minimum absolute atomic E-state index is 0.913. The Morgan fingerprint density at radius 2 is 1.93 bits per heavy atom. The first-order chi connectivity index (χ1) is 6.70. The lowest BCUT2D eigenvalue weighted by atomic mass is 9.98. The van der Waals surface area contributed by atoms with Gasteiger partial charge in [0.15, 0.2) is 0 Å². The number of hydrogen-bond donors (Lipinski definition) is 2. The second-order valence-electron chi connectivity index (χ2n) is 3.59. The molecular weight excluding hydrogens is 190 g/mol. The predicted molar refractivity (Wildman–Crippen MR) is 66.1 cm³/mol. The average Bonchev–Trinajstić information content (AvgIpc) is 2.19. The van der Waals surface area contributed by atoms with Gasteiger partial charge in [-0.15, -0.1) is 12.6 Å². The van der Waals surface area contributed by atoms with Gasteiger partial charge in [-0.2, -0.15) is 0 Å². The van der Waals surface area contributed by atoms with Gasteiger partial charge in [-0.25, -0.2) is 0 Å². The van der Waals surface area contributed by atoms with Crippen molar-refractivity contribution >= 4 is 18.3 Å². The van der Waals surface area contributed by atoms with Crippen molar-refractivity contribution in [2.24, 2.45) is 0 Å². The van der Waals surface area contributed by atoms with Crippen LogP contribution in [0.25, 0.3) is 0 Å². The summed E-state index contributed by atoms with van der Waals surface area (Å²) in [7, 11) is 0. The maximum atomic E-state index is 5.94. The molecule has 0 amide bonds. The molecule has 0 unspecified atom stereocenters. The number of rotatable bonds is 4. The van der Waals surface area contributed by atoms with Crippen LogP contribution in [0.1, 0.15) is 37.8 Å². The van der Waals surface area contributed by atoms with Crippen LogP contribution < -0.4 is 5.73 Å². The summed E-state index contributed by atoms with van der Waals surface area (Å²) < 4.78 is 0. The molecule has 0 bridgehead atoms. The largest absolute Gasteiger partial charge is 0.398 e. The molecule has 0 fully saturated rings. The smallest absolute Gasteiger partial charge is 0.0350 e. The van der Waals surface area contributed by atoms with Crippen LogP contribution >= 0.6 is 12.6 Å². The van der Waals surface area contributed by atoms with E-state index in [1.165, 1.54) is 24.0 Å². The van der Waals surface area contributed by atoms with Crippen molar-refractivity contribution in [2.75, 3.05) is 5.73 Å². The van der Waals surface area contributed by atoms with E-state index in [0.29, 0.717) is 0 Å². The molecule has 0 aliphatic heterocycles. The predicted octanol–water partition coefficient (Wildman–Crippen LogP) is 3.46. The van der Waals surface area contributed by atoms with Gasteiger partial charge in [0.25, 0.3) is 0 Å². The van der Waals surface area contributed by atoms with Gasteiger partial charge in [0.05, 0.1) is 0 Å². The molecular formula is C12H19NS. The van der Waals surface area contributed by atoms with E-state index in [1.54, 1.807) is 0 Å². The third-order valence-electron chi connectivity index (χ3n) is 2.58. The molecule has 1 aromatic rings. The highest BCUT2D eigenvalue weighted by atomic mass is 32.1. The molecule has 14 heavy (non-hydrogen) atoms. The Bertz CT molecular complexity index is 307. The third-order valence-corrected chi connectivity index (χ3v) is 3.00. The summed E-state index contributed by atoms with van der Waals surface area (Å²) in [6.07, 6.45) is 4.53. The van der Waals surface area contributed by atoms with Crippen LogP contribution in [0.3, 0.4) is 0 Å². The molecule has 0 aliphatic rings.